The van der Waals surface area contributed by atoms with Crippen LogP contribution >= 0.6 is 22.9 Å². The Labute approximate surface area is 159 Å². The van der Waals surface area contributed by atoms with Crippen LogP contribution in [-0.2, 0) is 20.7 Å². The lowest BCUT2D eigenvalue weighted by atomic mass is 9.97. The average molecular weight is 391 g/mol. The molecule has 0 amide bonds. The number of aryl methyl sites for hydroxylation is 1. The zero-order valence-corrected chi connectivity index (χ0v) is 15.5. The first kappa shape index (κ1) is 18.4. The molecule has 0 saturated heterocycles. The number of carbonyl (C=O) groups excluding carboxylic acids is 2. The summed E-state index contributed by atoms with van der Waals surface area (Å²) in [4.78, 5) is 28.7. The summed E-state index contributed by atoms with van der Waals surface area (Å²) in [7, 11) is 0. The normalized spacial score (nSPS) is 16.7. The van der Waals surface area contributed by atoms with Crippen molar-refractivity contribution in [3.05, 3.63) is 44.9 Å². The SMILES string of the molecule is Cc1csc([C@@H](C#N)C(=O)COC(=O)[C@@H]2COc3ccc(Cl)cc3C2)n1. The summed E-state index contributed by atoms with van der Waals surface area (Å²) < 4.78 is 10.7. The van der Waals surface area contributed by atoms with Crippen LogP contribution in [0.3, 0.4) is 0 Å². The van der Waals surface area contributed by atoms with E-state index < -0.39 is 30.2 Å². The number of rotatable bonds is 5. The van der Waals surface area contributed by atoms with Gasteiger partial charge in [-0.1, -0.05) is 11.6 Å². The van der Waals surface area contributed by atoms with E-state index >= 15 is 0 Å². The predicted octanol–water partition coefficient (Wildman–Crippen LogP) is 3.08. The van der Waals surface area contributed by atoms with Gasteiger partial charge in [0.05, 0.1) is 12.0 Å². The van der Waals surface area contributed by atoms with Crippen LogP contribution in [0.25, 0.3) is 0 Å². The molecule has 2 aromatic rings. The lowest BCUT2D eigenvalue weighted by Gasteiger charge is -2.24. The van der Waals surface area contributed by atoms with Crippen LogP contribution in [0, 0.1) is 24.2 Å². The van der Waals surface area contributed by atoms with E-state index in [0.29, 0.717) is 22.2 Å². The number of esters is 1. The monoisotopic (exact) mass is 390 g/mol. The average Bonchev–Trinajstić information content (AvgIpc) is 3.05. The van der Waals surface area contributed by atoms with E-state index in [4.69, 9.17) is 21.1 Å². The van der Waals surface area contributed by atoms with Crippen molar-refractivity contribution >= 4 is 34.7 Å². The molecule has 2 atom stereocenters. The Morgan fingerprint density at radius 1 is 1.54 bits per heavy atom. The molecule has 1 aliphatic heterocycles. The number of nitriles is 1. The molecule has 1 aromatic heterocycles. The van der Waals surface area contributed by atoms with Gasteiger partial charge in [0.1, 0.15) is 17.4 Å². The van der Waals surface area contributed by atoms with E-state index in [9.17, 15) is 14.9 Å². The third-order valence-corrected chi connectivity index (χ3v) is 5.22. The van der Waals surface area contributed by atoms with E-state index in [1.807, 2.05) is 6.07 Å². The fraction of sp³-hybridized carbons (Fsp3) is 0.333. The molecule has 0 bridgehead atoms. The number of halogens is 1. The van der Waals surface area contributed by atoms with Gasteiger partial charge in [-0.25, -0.2) is 4.98 Å². The van der Waals surface area contributed by atoms with E-state index in [1.54, 1.807) is 30.5 Å². The van der Waals surface area contributed by atoms with E-state index in [2.05, 4.69) is 4.98 Å². The van der Waals surface area contributed by atoms with Gasteiger partial charge < -0.3 is 9.47 Å². The summed E-state index contributed by atoms with van der Waals surface area (Å²) in [5, 5.41) is 12.0. The largest absolute Gasteiger partial charge is 0.492 e. The lowest BCUT2D eigenvalue weighted by Crippen LogP contribution is -2.31. The van der Waals surface area contributed by atoms with E-state index in [0.717, 1.165) is 11.3 Å². The molecule has 2 heterocycles. The number of hydrogen-bond acceptors (Lipinski definition) is 7. The van der Waals surface area contributed by atoms with Crippen LogP contribution in [0.1, 0.15) is 22.2 Å². The van der Waals surface area contributed by atoms with Gasteiger partial charge in [-0.15, -0.1) is 11.3 Å². The summed E-state index contributed by atoms with van der Waals surface area (Å²) in [5.74, 6) is -1.87. The van der Waals surface area contributed by atoms with Gasteiger partial charge in [0, 0.05) is 16.1 Å². The van der Waals surface area contributed by atoms with Crippen molar-refractivity contribution in [1.29, 1.82) is 5.26 Å². The number of benzene rings is 1. The second-order valence-corrected chi connectivity index (χ2v) is 7.25. The molecule has 0 N–H and O–H groups in total. The summed E-state index contributed by atoms with van der Waals surface area (Å²) in [6, 6.07) is 7.15. The number of nitrogens with zero attached hydrogens (tertiary/aromatic N) is 2. The maximum absolute atomic E-state index is 12.3. The number of thiazole rings is 1. The molecule has 26 heavy (non-hydrogen) atoms. The molecule has 0 spiro atoms. The lowest BCUT2D eigenvalue weighted by molar-refractivity contribution is -0.153. The minimum absolute atomic E-state index is 0.176. The Morgan fingerprint density at radius 3 is 3.04 bits per heavy atom. The second kappa shape index (κ2) is 7.85. The minimum atomic E-state index is -1.02. The van der Waals surface area contributed by atoms with E-state index in [1.165, 1.54) is 11.3 Å². The number of hydrogen-bond donors (Lipinski definition) is 0. The van der Waals surface area contributed by atoms with Gasteiger partial charge >= 0.3 is 5.97 Å². The van der Waals surface area contributed by atoms with Crippen molar-refractivity contribution in [2.45, 2.75) is 19.3 Å². The van der Waals surface area contributed by atoms with Gasteiger partial charge in [-0.05, 0) is 37.1 Å². The standard InChI is InChI=1S/C18H15ClN2O4S/c1-10-9-26-17(21-10)14(6-20)15(22)8-25-18(23)12-4-11-5-13(19)2-3-16(11)24-7-12/h2-3,5,9,12,14H,4,7-8H2,1H3/t12-,14-/m0/s1. The molecule has 6 nitrogen and oxygen atoms in total. The van der Waals surface area contributed by atoms with Gasteiger partial charge in [-0.3, -0.25) is 9.59 Å². The predicted molar refractivity (Wildman–Crippen MR) is 95.3 cm³/mol. The molecular formula is C18H15ClN2O4S. The van der Waals surface area contributed by atoms with Crippen LogP contribution in [0.15, 0.2) is 23.6 Å². The smallest absolute Gasteiger partial charge is 0.313 e. The highest BCUT2D eigenvalue weighted by Gasteiger charge is 2.30. The Kier molecular flexibility index (Phi) is 5.55. The number of carbonyl (C=O) groups is 2. The molecule has 8 heteroatoms. The number of Topliss-reactive ketones (excluding diaryl/α,β-unsaturated/α-hetero) is 1. The van der Waals surface area contributed by atoms with Crippen LogP contribution in [0.4, 0.5) is 0 Å². The molecular weight excluding hydrogens is 376 g/mol. The summed E-state index contributed by atoms with van der Waals surface area (Å²) in [6.07, 6.45) is 0.427. The topological polar surface area (TPSA) is 89.3 Å². The summed E-state index contributed by atoms with van der Waals surface area (Å²) in [5.41, 5.74) is 1.57. The van der Waals surface area contributed by atoms with Crippen LogP contribution in [-0.4, -0.2) is 30.0 Å². The van der Waals surface area contributed by atoms with Gasteiger partial charge in [0.2, 0.25) is 0 Å². The fourth-order valence-electron chi connectivity index (χ4n) is 2.63. The zero-order valence-electron chi connectivity index (χ0n) is 13.9. The highest BCUT2D eigenvalue weighted by Crippen LogP contribution is 2.30. The third kappa shape index (κ3) is 4.03. The molecule has 1 aliphatic rings. The van der Waals surface area contributed by atoms with E-state index in [-0.39, 0.29) is 6.61 Å². The molecule has 0 unspecified atom stereocenters. The second-order valence-electron chi connectivity index (χ2n) is 5.93. The number of ketones is 1. The molecule has 1 aromatic carbocycles. The molecule has 134 valence electrons. The minimum Gasteiger partial charge on any atom is -0.492 e. The van der Waals surface area contributed by atoms with Crippen molar-refractivity contribution in [1.82, 2.24) is 4.98 Å². The quantitative estimate of drug-likeness (QED) is 0.729. The zero-order chi connectivity index (χ0) is 18.7. The van der Waals surface area contributed by atoms with Gasteiger partial charge in [0.25, 0.3) is 0 Å². The van der Waals surface area contributed by atoms with Gasteiger partial charge in [-0.2, -0.15) is 5.26 Å². The van der Waals surface area contributed by atoms with Crippen molar-refractivity contribution < 1.29 is 19.1 Å². The van der Waals surface area contributed by atoms with Crippen molar-refractivity contribution in [2.24, 2.45) is 5.92 Å². The number of fused-ring (bicyclic) bond motifs is 1. The van der Waals surface area contributed by atoms with Crippen LogP contribution in [0.5, 0.6) is 5.75 Å². The highest BCUT2D eigenvalue weighted by atomic mass is 35.5. The number of aromatic nitrogens is 1. The van der Waals surface area contributed by atoms with Crippen molar-refractivity contribution in [3.63, 3.8) is 0 Å². The molecule has 0 aliphatic carbocycles. The molecule has 3 rings (SSSR count). The van der Waals surface area contributed by atoms with Gasteiger partial charge in [0.15, 0.2) is 18.3 Å². The highest BCUT2D eigenvalue weighted by molar-refractivity contribution is 7.09. The molecule has 0 saturated carbocycles. The molecule has 0 radical (unpaired) electrons. The first-order valence-electron chi connectivity index (χ1n) is 7.90. The van der Waals surface area contributed by atoms with Crippen LogP contribution < -0.4 is 4.74 Å². The first-order valence-corrected chi connectivity index (χ1v) is 9.16. The third-order valence-electron chi connectivity index (χ3n) is 3.95. The fourth-order valence-corrected chi connectivity index (χ4v) is 3.68. The number of ether oxygens (including phenoxy) is 2. The molecule has 0 fully saturated rings. The maximum Gasteiger partial charge on any atom is 0.313 e. The van der Waals surface area contributed by atoms with Crippen molar-refractivity contribution in [2.75, 3.05) is 13.2 Å². The Morgan fingerprint density at radius 2 is 2.35 bits per heavy atom. The van der Waals surface area contributed by atoms with Crippen molar-refractivity contribution in [3.8, 4) is 11.8 Å². The van der Waals surface area contributed by atoms with Crippen LogP contribution in [0.2, 0.25) is 5.02 Å². The Hall–Kier alpha value is -2.43. The Bertz CT molecular complexity index is 890. The summed E-state index contributed by atoms with van der Waals surface area (Å²) >= 11 is 7.20. The maximum atomic E-state index is 12.3. The Balaban J connectivity index is 1.58. The summed E-state index contributed by atoms with van der Waals surface area (Å²) in [6.45, 7) is 1.50. The first-order chi connectivity index (χ1) is 12.5.